The van der Waals surface area contributed by atoms with Crippen LogP contribution in [0.4, 0.5) is 0 Å². The average Bonchev–Trinajstić information content (AvgIpc) is 2.52. The number of quaternary nitrogens is 1. The van der Waals surface area contributed by atoms with Crippen molar-refractivity contribution in [2.24, 2.45) is 5.92 Å². The van der Waals surface area contributed by atoms with E-state index in [1.807, 2.05) is 13.8 Å². The van der Waals surface area contributed by atoms with Crippen molar-refractivity contribution in [2.45, 2.75) is 44.7 Å². The van der Waals surface area contributed by atoms with Gasteiger partial charge in [-0.2, -0.15) is 4.31 Å². The standard InChI is InChI=1S/C16H26N2O4S.ClH/c1-5-22-16(19)15(10-12(2)3)18(4)23(20,21)14-8-6-13(11-17)7-9-14;/h6-9,12,15H,5,10-11,17H2,1-4H3;1H/t15-;/m0./s1. The Morgan fingerprint density at radius 3 is 2.21 bits per heavy atom. The van der Waals surface area contributed by atoms with Gasteiger partial charge < -0.3 is 22.9 Å². The minimum Gasteiger partial charge on any atom is -1.00 e. The van der Waals surface area contributed by atoms with Gasteiger partial charge in [-0.1, -0.05) is 26.0 Å². The molecule has 8 heteroatoms. The van der Waals surface area contributed by atoms with E-state index in [2.05, 4.69) is 5.73 Å². The number of nitrogens with zero attached hydrogens (tertiary/aromatic N) is 1. The molecule has 0 aliphatic heterocycles. The number of carbonyl (C=O) groups is 1. The van der Waals surface area contributed by atoms with Crippen molar-refractivity contribution in [1.29, 1.82) is 0 Å². The molecule has 0 saturated heterocycles. The van der Waals surface area contributed by atoms with Gasteiger partial charge >= 0.3 is 5.97 Å². The molecular weight excluding hydrogens is 352 g/mol. The van der Waals surface area contributed by atoms with Crippen LogP contribution in [-0.2, 0) is 26.1 Å². The third-order valence-corrected chi connectivity index (χ3v) is 5.46. The van der Waals surface area contributed by atoms with E-state index in [4.69, 9.17) is 4.74 Å². The maximum atomic E-state index is 12.8. The number of hydrogen-bond acceptors (Lipinski definition) is 4. The molecule has 1 aromatic carbocycles. The van der Waals surface area contributed by atoms with Gasteiger partial charge in [-0.05, 0) is 31.4 Å². The lowest BCUT2D eigenvalue weighted by Gasteiger charge is -2.27. The maximum absolute atomic E-state index is 12.8. The van der Waals surface area contributed by atoms with E-state index in [-0.39, 0.29) is 29.8 Å². The lowest BCUT2D eigenvalue weighted by atomic mass is 10.0. The summed E-state index contributed by atoms with van der Waals surface area (Å²) < 4.78 is 31.7. The van der Waals surface area contributed by atoms with Crippen LogP contribution < -0.4 is 18.1 Å². The van der Waals surface area contributed by atoms with E-state index in [1.165, 1.54) is 7.05 Å². The molecule has 3 N–H and O–H groups in total. The Bertz CT molecular complexity index is 617. The van der Waals surface area contributed by atoms with Crippen molar-refractivity contribution in [3.05, 3.63) is 29.8 Å². The minimum absolute atomic E-state index is 0. The molecule has 0 saturated carbocycles. The van der Waals surface area contributed by atoms with Gasteiger partial charge in [0.05, 0.1) is 18.0 Å². The van der Waals surface area contributed by atoms with E-state index < -0.39 is 22.0 Å². The fourth-order valence-corrected chi connectivity index (χ4v) is 3.56. The van der Waals surface area contributed by atoms with Gasteiger partial charge in [0.2, 0.25) is 10.0 Å². The molecule has 6 nitrogen and oxygen atoms in total. The molecule has 24 heavy (non-hydrogen) atoms. The molecule has 0 heterocycles. The number of halogens is 1. The van der Waals surface area contributed by atoms with E-state index in [0.29, 0.717) is 13.0 Å². The molecule has 0 aromatic heterocycles. The number of ether oxygens (including phenoxy) is 1. The Morgan fingerprint density at radius 2 is 1.79 bits per heavy atom. The number of likely N-dealkylation sites (N-methyl/N-ethyl adjacent to an activating group) is 1. The summed E-state index contributed by atoms with van der Waals surface area (Å²) in [5.41, 5.74) is 4.72. The molecule has 0 radical (unpaired) electrons. The van der Waals surface area contributed by atoms with Crippen molar-refractivity contribution in [3.63, 3.8) is 0 Å². The molecule has 0 spiro atoms. The van der Waals surface area contributed by atoms with Gasteiger partial charge in [0.15, 0.2) is 0 Å². The summed E-state index contributed by atoms with van der Waals surface area (Å²) in [5.74, 6) is -0.350. The zero-order chi connectivity index (χ0) is 17.6. The Kier molecular flexibility index (Phi) is 9.50. The maximum Gasteiger partial charge on any atom is 0.324 e. The van der Waals surface area contributed by atoms with Gasteiger partial charge in [0.25, 0.3) is 0 Å². The summed E-state index contributed by atoms with van der Waals surface area (Å²) in [6.07, 6.45) is 0.408. The van der Waals surface area contributed by atoms with Crippen molar-refractivity contribution in [3.8, 4) is 0 Å². The molecule has 0 fully saturated rings. The highest BCUT2D eigenvalue weighted by Gasteiger charge is 2.34. The Hall–Kier alpha value is -1.15. The van der Waals surface area contributed by atoms with Gasteiger partial charge in [-0.3, -0.25) is 4.79 Å². The SMILES string of the molecule is CCOC(=O)[C@H](CC(C)C)N(C)S(=O)(=O)c1ccc(C[NH3+])cc1.[Cl-]. The second-order valence-electron chi connectivity index (χ2n) is 5.81. The van der Waals surface area contributed by atoms with E-state index >= 15 is 0 Å². The molecule has 138 valence electrons. The van der Waals surface area contributed by atoms with Gasteiger partial charge in [-0.25, -0.2) is 8.42 Å². The average molecular weight is 379 g/mol. The summed E-state index contributed by atoms with van der Waals surface area (Å²) >= 11 is 0. The molecule has 0 aliphatic carbocycles. The summed E-state index contributed by atoms with van der Waals surface area (Å²) in [7, 11) is -2.33. The van der Waals surface area contributed by atoms with Crippen LogP contribution in [0.25, 0.3) is 0 Å². The number of hydrogen-bond donors (Lipinski definition) is 1. The molecular formula is C16H27ClN2O4S. The van der Waals surface area contributed by atoms with Crippen LogP contribution >= 0.6 is 0 Å². The first-order valence-electron chi connectivity index (χ1n) is 7.76. The Morgan fingerprint density at radius 1 is 1.25 bits per heavy atom. The van der Waals surface area contributed by atoms with Crippen LogP contribution in [-0.4, -0.2) is 38.4 Å². The zero-order valence-corrected chi connectivity index (χ0v) is 16.2. The number of carbonyl (C=O) groups excluding carboxylic acids is 1. The van der Waals surface area contributed by atoms with Gasteiger partial charge in [0, 0.05) is 12.6 Å². The first kappa shape index (κ1) is 22.9. The van der Waals surface area contributed by atoms with Gasteiger partial charge in [0.1, 0.15) is 6.04 Å². The van der Waals surface area contributed by atoms with E-state index in [0.717, 1.165) is 9.87 Å². The van der Waals surface area contributed by atoms with Crippen LogP contribution in [0.1, 0.15) is 32.8 Å². The first-order chi connectivity index (χ1) is 10.7. The summed E-state index contributed by atoms with van der Waals surface area (Å²) in [6.45, 7) is 6.40. The summed E-state index contributed by atoms with van der Waals surface area (Å²) in [4.78, 5) is 12.3. The predicted octanol–water partition coefficient (Wildman–Crippen LogP) is -1.97. The number of esters is 1. The topological polar surface area (TPSA) is 91.3 Å². The van der Waals surface area contributed by atoms with Crippen LogP contribution in [0.5, 0.6) is 0 Å². The van der Waals surface area contributed by atoms with Crippen molar-refractivity contribution >= 4 is 16.0 Å². The van der Waals surface area contributed by atoms with Crippen LogP contribution in [0.2, 0.25) is 0 Å². The highest BCUT2D eigenvalue weighted by atomic mass is 35.5. The zero-order valence-electron chi connectivity index (χ0n) is 14.7. The van der Waals surface area contributed by atoms with E-state index in [1.54, 1.807) is 31.2 Å². The molecule has 1 atom stereocenters. The minimum atomic E-state index is -3.76. The molecule has 1 rings (SSSR count). The molecule has 0 amide bonds. The Balaban J connectivity index is 0.00000529. The van der Waals surface area contributed by atoms with Crippen molar-refractivity contribution < 1.29 is 36.1 Å². The summed E-state index contributed by atoms with van der Waals surface area (Å²) in [6, 6.07) is 5.73. The molecule has 0 unspecified atom stereocenters. The third kappa shape index (κ3) is 5.73. The lowest BCUT2D eigenvalue weighted by Crippen LogP contribution is -3.00. The first-order valence-corrected chi connectivity index (χ1v) is 9.20. The van der Waals surface area contributed by atoms with Gasteiger partial charge in [-0.15, -0.1) is 0 Å². The van der Waals surface area contributed by atoms with Crippen LogP contribution in [0.15, 0.2) is 29.2 Å². The summed E-state index contributed by atoms with van der Waals surface area (Å²) in [5, 5.41) is 0. The number of benzene rings is 1. The van der Waals surface area contributed by atoms with Crippen LogP contribution in [0, 0.1) is 5.92 Å². The number of rotatable bonds is 8. The lowest BCUT2D eigenvalue weighted by molar-refractivity contribution is -0.386. The number of sulfonamides is 1. The smallest absolute Gasteiger partial charge is 0.324 e. The highest BCUT2D eigenvalue weighted by Crippen LogP contribution is 2.21. The second-order valence-corrected chi connectivity index (χ2v) is 7.81. The molecule has 0 bridgehead atoms. The quantitative estimate of drug-likeness (QED) is 0.531. The molecule has 0 aliphatic rings. The fourth-order valence-electron chi connectivity index (χ4n) is 2.24. The van der Waals surface area contributed by atoms with Crippen LogP contribution in [0.3, 0.4) is 0 Å². The van der Waals surface area contributed by atoms with E-state index in [9.17, 15) is 13.2 Å². The predicted molar refractivity (Wildman–Crippen MR) is 87.9 cm³/mol. The van der Waals surface area contributed by atoms with Crippen molar-refractivity contribution in [1.82, 2.24) is 4.31 Å². The second kappa shape index (κ2) is 9.98. The normalized spacial score (nSPS) is 12.8. The Labute approximate surface area is 150 Å². The largest absolute Gasteiger partial charge is 1.00 e. The third-order valence-electron chi connectivity index (χ3n) is 3.58. The fraction of sp³-hybridized carbons (Fsp3) is 0.562. The highest BCUT2D eigenvalue weighted by molar-refractivity contribution is 7.89. The molecule has 1 aromatic rings. The van der Waals surface area contributed by atoms with Crippen molar-refractivity contribution in [2.75, 3.05) is 13.7 Å². The monoisotopic (exact) mass is 378 g/mol.